The summed E-state index contributed by atoms with van der Waals surface area (Å²) in [5, 5.41) is 24.4. The molecule has 3 N–H and O–H groups in total. The van der Waals surface area contributed by atoms with Crippen molar-refractivity contribution in [2.24, 2.45) is 0 Å². The lowest BCUT2D eigenvalue weighted by atomic mass is 10.9. The van der Waals surface area contributed by atoms with Gasteiger partial charge in [-0.1, -0.05) is 13.8 Å². The van der Waals surface area contributed by atoms with Gasteiger partial charge in [0.05, 0.1) is 20.2 Å². The van der Waals surface area contributed by atoms with Gasteiger partial charge < -0.3 is 15.3 Å². The summed E-state index contributed by atoms with van der Waals surface area (Å²) in [4.78, 5) is 1.04. The second-order valence-corrected chi connectivity index (χ2v) is 1.10. The van der Waals surface area contributed by atoms with E-state index in [1.165, 1.54) is 0 Å². The van der Waals surface area contributed by atoms with Crippen LogP contribution in [-0.4, -0.2) is 40.4 Å². The molecule has 0 fully saturated rings. The van der Waals surface area contributed by atoms with E-state index in [0.717, 1.165) is 4.90 Å². The minimum absolute atomic E-state index is 0.312. The second-order valence-electron chi connectivity index (χ2n) is 1.10. The summed E-state index contributed by atoms with van der Waals surface area (Å²) >= 11 is 0. The van der Waals surface area contributed by atoms with Crippen molar-refractivity contribution in [1.82, 2.24) is 4.90 Å². The normalized spacial score (nSPS) is 8.67. The molecule has 0 aliphatic rings. The highest BCUT2D eigenvalue weighted by Gasteiger charge is 1.93. The van der Waals surface area contributed by atoms with Crippen LogP contribution in [0, 0.1) is 0 Å². The molecule has 0 bridgehead atoms. The molecule has 0 aliphatic carbocycles. The van der Waals surface area contributed by atoms with E-state index in [0.29, 0.717) is 0 Å². The Labute approximate surface area is 55.3 Å². The van der Waals surface area contributed by atoms with Crippen molar-refractivity contribution in [3.63, 3.8) is 0 Å². The van der Waals surface area contributed by atoms with Gasteiger partial charge in [0.1, 0.15) is 0 Å². The first-order valence-corrected chi connectivity index (χ1v) is 2.90. The van der Waals surface area contributed by atoms with E-state index in [9.17, 15) is 0 Å². The maximum atomic E-state index is 8.13. The molecule has 4 nitrogen and oxygen atoms in total. The van der Waals surface area contributed by atoms with E-state index >= 15 is 0 Å². The Morgan fingerprint density at radius 3 is 1.11 bits per heavy atom. The molecule has 0 rings (SSSR count). The Morgan fingerprint density at radius 2 is 1.11 bits per heavy atom. The number of nitrogens with zero attached hydrogens (tertiary/aromatic N) is 1. The van der Waals surface area contributed by atoms with E-state index in [4.69, 9.17) is 15.3 Å². The molecule has 0 aromatic heterocycles. The summed E-state index contributed by atoms with van der Waals surface area (Å²) in [5.41, 5.74) is 0. The molecular weight excluding hydrogens is 122 g/mol. The van der Waals surface area contributed by atoms with Crippen LogP contribution in [0.2, 0.25) is 0 Å². The van der Waals surface area contributed by atoms with Crippen molar-refractivity contribution in [3.05, 3.63) is 0 Å². The van der Waals surface area contributed by atoms with Gasteiger partial charge in [-0.3, -0.25) is 0 Å². The predicted molar refractivity (Wildman–Crippen MR) is 34.4 cm³/mol. The number of hydrogen-bond acceptors (Lipinski definition) is 4. The van der Waals surface area contributed by atoms with Crippen LogP contribution in [0.5, 0.6) is 0 Å². The first kappa shape index (κ1) is 11.6. The van der Waals surface area contributed by atoms with E-state index in [-0.39, 0.29) is 20.2 Å². The minimum Gasteiger partial charge on any atom is -0.381 e. The molecule has 0 aliphatic heterocycles. The zero-order valence-corrected chi connectivity index (χ0v) is 5.91. The summed E-state index contributed by atoms with van der Waals surface area (Å²) in [5.74, 6) is 0. The Morgan fingerprint density at radius 1 is 0.889 bits per heavy atom. The predicted octanol–water partition coefficient (Wildman–Crippen LogP) is -0.836. The summed E-state index contributed by atoms with van der Waals surface area (Å²) in [6, 6.07) is 0. The maximum Gasteiger partial charge on any atom is 0.0993 e. The first-order valence-electron chi connectivity index (χ1n) is 2.90. The van der Waals surface area contributed by atoms with Gasteiger partial charge in [-0.05, 0) is 0 Å². The van der Waals surface area contributed by atoms with Crippen molar-refractivity contribution in [2.75, 3.05) is 20.2 Å². The molecule has 4 heteroatoms. The number of hydrogen-bond donors (Lipinski definition) is 3. The molecule has 9 heavy (non-hydrogen) atoms. The van der Waals surface area contributed by atoms with Crippen LogP contribution < -0.4 is 0 Å². The van der Waals surface area contributed by atoms with Gasteiger partial charge in [0.15, 0.2) is 0 Å². The Hall–Kier alpha value is -0.160. The Balaban J connectivity index is 0. The monoisotopic (exact) mass is 137 g/mol. The van der Waals surface area contributed by atoms with Gasteiger partial charge in [0.2, 0.25) is 0 Å². The summed E-state index contributed by atoms with van der Waals surface area (Å²) < 4.78 is 0. The van der Waals surface area contributed by atoms with Crippen molar-refractivity contribution in [3.8, 4) is 0 Å². The van der Waals surface area contributed by atoms with Gasteiger partial charge in [-0.25, -0.2) is 4.90 Å². The van der Waals surface area contributed by atoms with E-state index in [2.05, 4.69) is 0 Å². The van der Waals surface area contributed by atoms with E-state index in [1.807, 2.05) is 13.8 Å². The molecule has 0 amide bonds. The van der Waals surface area contributed by atoms with Gasteiger partial charge >= 0.3 is 0 Å². The maximum absolute atomic E-state index is 8.13. The number of aliphatic hydroxyl groups is 3. The van der Waals surface area contributed by atoms with Gasteiger partial charge in [0, 0.05) is 0 Å². The summed E-state index contributed by atoms with van der Waals surface area (Å²) in [7, 11) is 0. The molecule has 0 atom stereocenters. The fraction of sp³-hybridized carbons (Fsp3) is 1.00. The lowest BCUT2D eigenvalue weighted by molar-refractivity contribution is -0.0268. The van der Waals surface area contributed by atoms with Gasteiger partial charge in [-0.15, -0.1) is 0 Å². The van der Waals surface area contributed by atoms with Crippen LogP contribution in [0.25, 0.3) is 0 Å². The highest BCUT2D eigenvalue weighted by atomic mass is 16.3. The Kier molecular flexibility index (Phi) is 13.9. The average Bonchev–Trinajstić information content (AvgIpc) is 1.96. The van der Waals surface area contributed by atoms with Crippen LogP contribution in [0.15, 0.2) is 0 Å². The SMILES string of the molecule is CC.OCN(CO)CO. The summed E-state index contributed by atoms with van der Waals surface area (Å²) in [6.07, 6.45) is 0. The molecule has 0 aromatic rings. The van der Waals surface area contributed by atoms with Crippen molar-refractivity contribution < 1.29 is 15.3 Å². The van der Waals surface area contributed by atoms with Crippen LogP contribution in [0.3, 0.4) is 0 Å². The molecule has 0 spiro atoms. The Bertz CT molecular complexity index is 33.7. The third-order valence-corrected chi connectivity index (χ3v) is 0.600. The summed E-state index contributed by atoms with van der Waals surface area (Å²) in [6.45, 7) is 3.06. The number of aliphatic hydroxyl groups excluding tert-OH is 3. The molecule has 0 heterocycles. The lowest BCUT2D eigenvalue weighted by Gasteiger charge is -2.09. The molecule has 0 saturated carbocycles. The lowest BCUT2D eigenvalue weighted by Crippen LogP contribution is -2.26. The van der Waals surface area contributed by atoms with Crippen LogP contribution in [-0.2, 0) is 0 Å². The highest BCUT2D eigenvalue weighted by molar-refractivity contribution is 4.28. The van der Waals surface area contributed by atoms with Crippen LogP contribution in [0.4, 0.5) is 0 Å². The van der Waals surface area contributed by atoms with Gasteiger partial charge in [-0.2, -0.15) is 0 Å². The minimum atomic E-state index is -0.312. The standard InChI is InChI=1S/C3H9NO3.C2H6/c5-1-4(2-6)3-7;1-2/h5-7H,1-3H2;1-2H3. The van der Waals surface area contributed by atoms with Gasteiger partial charge in [0.25, 0.3) is 0 Å². The fourth-order valence-electron chi connectivity index (χ4n) is 0.134. The van der Waals surface area contributed by atoms with Crippen molar-refractivity contribution in [2.45, 2.75) is 13.8 Å². The third kappa shape index (κ3) is 7.84. The average molecular weight is 137 g/mol. The molecule has 0 unspecified atom stereocenters. The zero-order valence-electron chi connectivity index (χ0n) is 5.91. The molecule has 0 aromatic carbocycles. The van der Waals surface area contributed by atoms with Crippen LogP contribution >= 0.6 is 0 Å². The highest BCUT2D eigenvalue weighted by Crippen LogP contribution is 1.75. The molecule has 58 valence electrons. The zero-order chi connectivity index (χ0) is 7.70. The molecule has 0 radical (unpaired) electrons. The van der Waals surface area contributed by atoms with E-state index < -0.39 is 0 Å². The smallest absolute Gasteiger partial charge is 0.0993 e. The topological polar surface area (TPSA) is 63.9 Å². The quantitative estimate of drug-likeness (QED) is 0.444. The second kappa shape index (κ2) is 10.8. The van der Waals surface area contributed by atoms with E-state index in [1.54, 1.807) is 0 Å². The van der Waals surface area contributed by atoms with Crippen LogP contribution in [0.1, 0.15) is 13.8 Å². The molecular formula is C5H15NO3. The largest absolute Gasteiger partial charge is 0.381 e. The first-order chi connectivity index (χ1) is 4.35. The van der Waals surface area contributed by atoms with Crippen molar-refractivity contribution in [1.29, 1.82) is 0 Å². The molecule has 0 saturated heterocycles. The fourth-order valence-corrected chi connectivity index (χ4v) is 0.134. The number of rotatable bonds is 3. The van der Waals surface area contributed by atoms with Crippen molar-refractivity contribution >= 4 is 0 Å². The third-order valence-electron chi connectivity index (χ3n) is 0.600.